The van der Waals surface area contributed by atoms with Crippen LogP contribution >= 0.6 is 0 Å². The fourth-order valence-electron chi connectivity index (χ4n) is 2.11. The normalized spacial score (nSPS) is 15.9. The zero-order valence-corrected chi connectivity index (χ0v) is 9.98. The number of carboxylic acids is 1. The number of hydrogen-bond acceptors (Lipinski definition) is 3. The zero-order valence-electron chi connectivity index (χ0n) is 9.98. The smallest absolute Gasteiger partial charge is 0.335 e. The van der Waals surface area contributed by atoms with E-state index in [1.807, 2.05) is 13.0 Å². The van der Waals surface area contributed by atoms with Gasteiger partial charge < -0.3 is 14.7 Å². The Labute approximate surface area is 101 Å². The maximum atomic E-state index is 10.9. The highest BCUT2D eigenvalue weighted by molar-refractivity contribution is 5.88. The molecule has 0 spiro atoms. The predicted octanol–water partition coefficient (Wildman–Crippen LogP) is 1.78. The van der Waals surface area contributed by atoms with Crippen LogP contribution < -0.4 is 4.90 Å². The number of morpholine rings is 1. The second kappa shape index (κ2) is 5.19. The van der Waals surface area contributed by atoms with Crippen molar-refractivity contribution in [3.05, 3.63) is 29.3 Å². The van der Waals surface area contributed by atoms with E-state index in [1.165, 1.54) is 0 Å². The first-order valence-electron chi connectivity index (χ1n) is 5.91. The van der Waals surface area contributed by atoms with Gasteiger partial charge in [-0.2, -0.15) is 0 Å². The molecular weight excluding hydrogens is 218 g/mol. The number of hydrogen-bond donors (Lipinski definition) is 1. The lowest BCUT2D eigenvalue weighted by Crippen LogP contribution is -2.36. The Morgan fingerprint density at radius 2 is 2.12 bits per heavy atom. The van der Waals surface area contributed by atoms with Gasteiger partial charge in [0.05, 0.1) is 18.8 Å². The van der Waals surface area contributed by atoms with Crippen LogP contribution in [0.2, 0.25) is 0 Å². The Morgan fingerprint density at radius 1 is 1.41 bits per heavy atom. The molecule has 1 heterocycles. The summed E-state index contributed by atoms with van der Waals surface area (Å²) >= 11 is 0. The predicted molar refractivity (Wildman–Crippen MR) is 65.8 cm³/mol. The van der Waals surface area contributed by atoms with Crippen molar-refractivity contribution in [1.82, 2.24) is 0 Å². The number of carbonyl (C=O) groups is 1. The summed E-state index contributed by atoms with van der Waals surface area (Å²) in [5, 5.41) is 8.97. The molecule has 1 N–H and O–H groups in total. The molecular formula is C13H17NO3. The number of carboxylic acid groups (broad SMARTS) is 1. The Kier molecular flexibility index (Phi) is 3.64. The summed E-state index contributed by atoms with van der Waals surface area (Å²) in [6.07, 6.45) is 0.841. The highest BCUT2D eigenvalue weighted by Crippen LogP contribution is 2.23. The van der Waals surface area contributed by atoms with Crippen LogP contribution in [0, 0.1) is 0 Å². The van der Waals surface area contributed by atoms with Crippen LogP contribution in [0.3, 0.4) is 0 Å². The van der Waals surface area contributed by atoms with Crippen molar-refractivity contribution < 1.29 is 14.6 Å². The van der Waals surface area contributed by atoms with Crippen molar-refractivity contribution >= 4 is 11.7 Å². The molecule has 1 saturated heterocycles. The lowest BCUT2D eigenvalue weighted by Gasteiger charge is -2.30. The number of anilines is 1. The molecule has 0 radical (unpaired) electrons. The van der Waals surface area contributed by atoms with Gasteiger partial charge in [-0.15, -0.1) is 0 Å². The minimum atomic E-state index is -0.867. The number of ether oxygens (including phenoxy) is 1. The summed E-state index contributed by atoms with van der Waals surface area (Å²) in [4.78, 5) is 13.2. The van der Waals surface area contributed by atoms with Crippen molar-refractivity contribution in [2.75, 3.05) is 31.2 Å². The Morgan fingerprint density at radius 3 is 2.71 bits per heavy atom. The van der Waals surface area contributed by atoms with Gasteiger partial charge in [-0.3, -0.25) is 0 Å². The van der Waals surface area contributed by atoms with Gasteiger partial charge >= 0.3 is 5.97 Å². The molecule has 4 nitrogen and oxygen atoms in total. The van der Waals surface area contributed by atoms with Crippen LogP contribution in [0.25, 0.3) is 0 Å². The van der Waals surface area contributed by atoms with Crippen LogP contribution in [-0.2, 0) is 11.2 Å². The molecule has 2 rings (SSSR count). The number of benzene rings is 1. The molecule has 0 amide bonds. The molecule has 1 fully saturated rings. The fourth-order valence-corrected chi connectivity index (χ4v) is 2.11. The molecule has 0 aromatic heterocycles. The first kappa shape index (κ1) is 11.9. The van der Waals surface area contributed by atoms with E-state index in [2.05, 4.69) is 4.90 Å². The second-order valence-corrected chi connectivity index (χ2v) is 4.10. The summed E-state index contributed by atoms with van der Waals surface area (Å²) in [5.41, 5.74) is 2.59. The van der Waals surface area contributed by atoms with E-state index in [0.29, 0.717) is 5.56 Å². The number of nitrogens with zero attached hydrogens (tertiary/aromatic N) is 1. The van der Waals surface area contributed by atoms with Gasteiger partial charge in [0.2, 0.25) is 0 Å². The summed E-state index contributed by atoms with van der Waals surface area (Å²) in [7, 11) is 0. The highest BCUT2D eigenvalue weighted by Gasteiger charge is 2.15. The van der Waals surface area contributed by atoms with Crippen LogP contribution in [-0.4, -0.2) is 37.4 Å². The molecule has 1 aliphatic heterocycles. The maximum absolute atomic E-state index is 10.9. The molecule has 1 aliphatic rings. The minimum absolute atomic E-state index is 0.360. The molecule has 0 saturated carbocycles. The summed E-state index contributed by atoms with van der Waals surface area (Å²) < 4.78 is 5.32. The molecule has 1 aromatic carbocycles. The topological polar surface area (TPSA) is 49.8 Å². The minimum Gasteiger partial charge on any atom is -0.478 e. The van der Waals surface area contributed by atoms with Crippen LogP contribution in [0.4, 0.5) is 5.69 Å². The van der Waals surface area contributed by atoms with E-state index >= 15 is 0 Å². The summed E-state index contributed by atoms with van der Waals surface area (Å²) in [6, 6.07) is 5.35. The monoisotopic (exact) mass is 235 g/mol. The highest BCUT2D eigenvalue weighted by atomic mass is 16.5. The molecule has 17 heavy (non-hydrogen) atoms. The largest absolute Gasteiger partial charge is 0.478 e. The van der Waals surface area contributed by atoms with Crippen molar-refractivity contribution in [3.63, 3.8) is 0 Å². The SMILES string of the molecule is CCc1cc(C(=O)O)ccc1N1CCOCC1. The fraction of sp³-hybridized carbons (Fsp3) is 0.462. The number of aryl methyl sites for hydroxylation is 1. The first-order chi connectivity index (χ1) is 8.22. The van der Waals surface area contributed by atoms with E-state index in [4.69, 9.17) is 9.84 Å². The first-order valence-corrected chi connectivity index (χ1v) is 5.91. The van der Waals surface area contributed by atoms with Gasteiger partial charge in [-0.1, -0.05) is 6.92 Å². The average molecular weight is 235 g/mol. The van der Waals surface area contributed by atoms with Crippen molar-refractivity contribution in [3.8, 4) is 0 Å². The third-order valence-corrected chi connectivity index (χ3v) is 3.06. The lowest BCUT2D eigenvalue weighted by molar-refractivity contribution is 0.0696. The van der Waals surface area contributed by atoms with Gasteiger partial charge in [0, 0.05) is 18.8 Å². The van der Waals surface area contributed by atoms with E-state index in [-0.39, 0.29) is 0 Å². The zero-order chi connectivity index (χ0) is 12.3. The molecule has 0 atom stereocenters. The van der Waals surface area contributed by atoms with Gasteiger partial charge in [0.25, 0.3) is 0 Å². The molecule has 0 aliphatic carbocycles. The van der Waals surface area contributed by atoms with Gasteiger partial charge in [0.15, 0.2) is 0 Å². The molecule has 4 heteroatoms. The van der Waals surface area contributed by atoms with E-state index in [1.54, 1.807) is 12.1 Å². The number of aromatic carboxylic acids is 1. The lowest BCUT2D eigenvalue weighted by atomic mass is 10.0. The Balaban J connectivity index is 2.29. The van der Waals surface area contributed by atoms with Crippen molar-refractivity contribution in [2.24, 2.45) is 0 Å². The van der Waals surface area contributed by atoms with Crippen molar-refractivity contribution in [1.29, 1.82) is 0 Å². The van der Waals surface area contributed by atoms with Gasteiger partial charge in [0.1, 0.15) is 0 Å². The van der Waals surface area contributed by atoms with Crippen LogP contribution in [0.1, 0.15) is 22.8 Å². The van der Waals surface area contributed by atoms with E-state index < -0.39 is 5.97 Å². The quantitative estimate of drug-likeness (QED) is 0.867. The third kappa shape index (κ3) is 2.58. The van der Waals surface area contributed by atoms with Crippen LogP contribution in [0.5, 0.6) is 0 Å². The molecule has 0 bridgehead atoms. The molecule has 1 aromatic rings. The standard InChI is InChI=1S/C13H17NO3/c1-2-10-9-11(13(15)16)3-4-12(10)14-5-7-17-8-6-14/h3-4,9H,2,5-8H2,1H3,(H,15,16). The second-order valence-electron chi connectivity index (χ2n) is 4.10. The molecule has 92 valence electrons. The number of rotatable bonds is 3. The van der Waals surface area contributed by atoms with E-state index in [0.717, 1.165) is 44.0 Å². The summed E-state index contributed by atoms with van der Waals surface area (Å²) in [5.74, 6) is -0.867. The van der Waals surface area contributed by atoms with Gasteiger partial charge in [-0.05, 0) is 30.2 Å². The Hall–Kier alpha value is -1.55. The van der Waals surface area contributed by atoms with E-state index in [9.17, 15) is 4.79 Å². The van der Waals surface area contributed by atoms with Crippen molar-refractivity contribution in [2.45, 2.75) is 13.3 Å². The third-order valence-electron chi connectivity index (χ3n) is 3.06. The average Bonchev–Trinajstić information content (AvgIpc) is 2.39. The van der Waals surface area contributed by atoms with Crippen LogP contribution in [0.15, 0.2) is 18.2 Å². The van der Waals surface area contributed by atoms with Gasteiger partial charge in [-0.25, -0.2) is 4.79 Å². The summed E-state index contributed by atoms with van der Waals surface area (Å²) in [6.45, 7) is 5.28. The molecule has 0 unspecified atom stereocenters. The Bertz CT molecular complexity index is 411. The maximum Gasteiger partial charge on any atom is 0.335 e.